The van der Waals surface area contributed by atoms with E-state index in [1.54, 1.807) is 24.4 Å². The third kappa shape index (κ3) is 3.83. The lowest BCUT2D eigenvalue weighted by Gasteiger charge is -2.02. The number of fused-ring (bicyclic) bond motifs is 1. The maximum atomic E-state index is 12.2. The average molecular weight is 332 g/mol. The molecule has 0 unspecified atom stereocenters. The van der Waals surface area contributed by atoms with Gasteiger partial charge in [-0.2, -0.15) is 5.10 Å². The molecule has 0 fully saturated rings. The van der Waals surface area contributed by atoms with Crippen LogP contribution in [0.3, 0.4) is 0 Å². The lowest BCUT2D eigenvalue weighted by molar-refractivity contribution is 0.0955. The maximum Gasteiger partial charge on any atom is 0.271 e. The van der Waals surface area contributed by atoms with E-state index in [2.05, 4.69) is 27.0 Å². The van der Waals surface area contributed by atoms with Gasteiger partial charge >= 0.3 is 0 Å². The van der Waals surface area contributed by atoms with E-state index >= 15 is 0 Å². The second-order valence-corrected chi connectivity index (χ2v) is 5.60. The van der Waals surface area contributed by atoms with Gasteiger partial charge in [0.05, 0.1) is 11.0 Å². The number of nitrogens with one attached hydrogen (secondary N) is 1. The minimum atomic E-state index is -0.255. The zero-order valence-electron chi connectivity index (χ0n) is 14.3. The molecule has 0 saturated carbocycles. The van der Waals surface area contributed by atoms with Crippen molar-refractivity contribution >= 4 is 29.2 Å². The van der Waals surface area contributed by atoms with Crippen molar-refractivity contribution in [2.24, 2.45) is 5.10 Å². The Morgan fingerprint density at radius 2 is 2.04 bits per heavy atom. The van der Waals surface area contributed by atoms with Crippen molar-refractivity contribution in [1.82, 2.24) is 15.0 Å². The number of hydrogen-bond acceptors (Lipinski definition) is 3. The van der Waals surface area contributed by atoms with Gasteiger partial charge in [0.25, 0.3) is 5.91 Å². The van der Waals surface area contributed by atoms with E-state index in [9.17, 15) is 4.79 Å². The van der Waals surface area contributed by atoms with Crippen LogP contribution in [-0.2, 0) is 6.54 Å². The lowest BCUT2D eigenvalue weighted by Crippen LogP contribution is -2.17. The summed E-state index contributed by atoms with van der Waals surface area (Å²) in [6.07, 6.45) is 5.26. The smallest absolute Gasteiger partial charge is 0.271 e. The number of aromatic nitrogens is 2. The van der Waals surface area contributed by atoms with Gasteiger partial charge < -0.3 is 4.57 Å². The normalized spacial score (nSPS) is 11.6. The Morgan fingerprint density at radius 1 is 1.24 bits per heavy atom. The first kappa shape index (κ1) is 16.6. The van der Waals surface area contributed by atoms with E-state index in [0.29, 0.717) is 5.56 Å². The monoisotopic (exact) mass is 332 g/mol. The summed E-state index contributed by atoms with van der Waals surface area (Å²) in [5.41, 5.74) is 6.00. The van der Waals surface area contributed by atoms with Gasteiger partial charge in [-0.15, -0.1) is 0 Å². The van der Waals surface area contributed by atoms with Gasteiger partial charge in [0.2, 0.25) is 0 Å². The molecule has 3 aromatic rings. The van der Waals surface area contributed by atoms with E-state index in [1.165, 1.54) is 0 Å². The number of amides is 1. The highest BCUT2D eigenvalue weighted by Crippen LogP contribution is 2.17. The molecule has 5 nitrogen and oxygen atoms in total. The molecular formula is C20H20N4O. The molecule has 0 aliphatic heterocycles. The fourth-order valence-electron chi connectivity index (χ4n) is 2.71. The van der Waals surface area contributed by atoms with Crippen molar-refractivity contribution in [3.63, 3.8) is 0 Å². The lowest BCUT2D eigenvalue weighted by atomic mass is 10.2. The molecule has 25 heavy (non-hydrogen) atoms. The third-order valence-electron chi connectivity index (χ3n) is 3.93. The zero-order chi connectivity index (χ0) is 17.6. The number of aryl methyl sites for hydroxylation is 2. The molecule has 0 aliphatic carbocycles. The molecule has 0 saturated heterocycles. The van der Waals surface area contributed by atoms with Gasteiger partial charge in [0.1, 0.15) is 5.82 Å². The number of rotatable bonds is 5. The van der Waals surface area contributed by atoms with Crippen LogP contribution in [0.4, 0.5) is 0 Å². The molecule has 0 spiro atoms. The molecule has 1 aromatic heterocycles. The summed E-state index contributed by atoms with van der Waals surface area (Å²) >= 11 is 0. The second-order valence-electron chi connectivity index (χ2n) is 5.60. The molecule has 0 bridgehead atoms. The largest absolute Gasteiger partial charge is 0.329 e. The summed E-state index contributed by atoms with van der Waals surface area (Å²) in [4.78, 5) is 16.7. The molecule has 1 amide bonds. The van der Waals surface area contributed by atoms with Crippen LogP contribution in [0, 0.1) is 6.92 Å². The van der Waals surface area contributed by atoms with E-state index in [0.717, 1.165) is 29.0 Å². The molecule has 126 valence electrons. The van der Waals surface area contributed by atoms with Crippen LogP contribution in [0.5, 0.6) is 0 Å². The predicted molar refractivity (Wildman–Crippen MR) is 102 cm³/mol. The van der Waals surface area contributed by atoms with Crippen LogP contribution in [0.2, 0.25) is 0 Å². The number of imidazole rings is 1. The van der Waals surface area contributed by atoms with E-state index in [4.69, 9.17) is 0 Å². The van der Waals surface area contributed by atoms with Crippen molar-refractivity contribution in [2.45, 2.75) is 20.4 Å². The molecule has 1 N–H and O–H groups in total. The minimum absolute atomic E-state index is 0.255. The van der Waals surface area contributed by atoms with Gasteiger partial charge in [-0.1, -0.05) is 36.4 Å². The fourth-order valence-corrected chi connectivity index (χ4v) is 2.71. The number of allylic oxidation sites excluding steroid dienone is 1. The first-order valence-electron chi connectivity index (χ1n) is 8.21. The van der Waals surface area contributed by atoms with Crippen LogP contribution in [-0.4, -0.2) is 21.7 Å². The Kier molecular flexibility index (Phi) is 5.04. The van der Waals surface area contributed by atoms with Crippen LogP contribution in [0.15, 0.2) is 59.7 Å². The van der Waals surface area contributed by atoms with E-state index < -0.39 is 0 Å². The maximum absolute atomic E-state index is 12.2. The van der Waals surface area contributed by atoms with Gasteiger partial charge in [-0.3, -0.25) is 4.79 Å². The van der Waals surface area contributed by atoms with Crippen LogP contribution >= 0.6 is 0 Å². The second kappa shape index (κ2) is 7.57. The molecule has 0 aliphatic rings. The first-order valence-corrected chi connectivity index (χ1v) is 8.21. The Labute approximate surface area is 146 Å². The van der Waals surface area contributed by atoms with Crippen LogP contribution in [0.1, 0.15) is 28.7 Å². The minimum Gasteiger partial charge on any atom is -0.329 e. The molecule has 5 heteroatoms. The summed E-state index contributed by atoms with van der Waals surface area (Å²) in [5, 5.41) is 3.94. The van der Waals surface area contributed by atoms with Crippen LogP contribution < -0.4 is 5.43 Å². The fraction of sp³-hybridized carbons (Fsp3) is 0.150. The highest BCUT2D eigenvalue weighted by molar-refractivity contribution is 5.97. The Hall–Kier alpha value is -3.21. The molecule has 2 aromatic carbocycles. The topological polar surface area (TPSA) is 59.3 Å². The van der Waals surface area contributed by atoms with Gasteiger partial charge in [0, 0.05) is 18.3 Å². The van der Waals surface area contributed by atoms with Crippen molar-refractivity contribution < 1.29 is 4.79 Å². The number of carbonyl (C=O) groups is 1. The Bertz CT molecular complexity index is 939. The highest BCUT2D eigenvalue weighted by atomic mass is 16.2. The Balaban J connectivity index is 1.66. The van der Waals surface area contributed by atoms with Crippen molar-refractivity contribution in [3.05, 3.63) is 71.6 Å². The van der Waals surface area contributed by atoms with E-state index in [-0.39, 0.29) is 5.91 Å². The van der Waals surface area contributed by atoms with Gasteiger partial charge in [-0.05, 0) is 43.7 Å². The molecule has 0 atom stereocenters. The number of carbonyl (C=O) groups excluding carboxylic acids is 1. The predicted octanol–water partition coefficient (Wildman–Crippen LogP) is 3.79. The standard InChI is InChI=1S/C20H20N4O/c1-3-24-15(2)22-18-14-17(11-12-19(18)24)20(25)23-21-13-7-10-16-8-5-4-6-9-16/h4-14H,3H2,1-2H3,(H,23,25). The van der Waals surface area contributed by atoms with Crippen molar-refractivity contribution in [3.8, 4) is 0 Å². The summed E-state index contributed by atoms with van der Waals surface area (Å²) in [6, 6.07) is 15.4. The Morgan fingerprint density at radius 3 is 2.80 bits per heavy atom. The average Bonchev–Trinajstić information content (AvgIpc) is 2.96. The number of benzene rings is 2. The summed E-state index contributed by atoms with van der Waals surface area (Å²) < 4.78 is 2.11. The first-order chi connectivity index (χ1) is 12.2. The van der Waals surface area contributed by atoms with Gasteiger partial charge in [-0.25, -0.2) is 10.4 Å². The third-order valence-corrected chi connectivity index (χ3v) is 3.93. The number of hydrogen-bond donors (Lipinski definition) is 1. The van der Waals surface area contributed by atoms with Crippen molar-refractivity contribution in [1.29, 1.82) is 0 Å². The zero-order valence-corrected chi connectivity index (χ0v) is 14.3. The van der Waals surface area contributed by atoms with Gasteiger partial charge in [0.15, 0.2) is 0 Å². The highest BCUT2D eigenvalue weighted by Gasteiger charge is 2.10. The molecular weight excluding hydrogens is 312 g/mol. The molecule has 3 rings (SSSR count). The van der Waals surface area contributed by atoms with Crippen molar-refractivity contribution in [2.75, 3.05) is 0 Å². The quantitative estimate of drug-likeness (QED) is 0.571. The number of nitrogens with zero attached hydrogens (tertiary/aromatic N) is 3. The SMILES string of the molecule is CCn1c(C)nc2cc(C(=O)NN=CC=Cc3ccccc3)ccc21. The summed E-state index contributed by atoms with van der Waals surface area (Å²) in [7, 11) is 0. The molecule has 0 radical (unpaired) electrons. The molecule has 1 heterocycles. The van der Waals surface area contributed by atoms with Crippen LogP contribution in [0.25, 0.3) is 17.1 Å². The van der Waals surface area contributed by atoms with E-state index in [1.807, 2.05) is 49.4 Å². The number of hydrazone groups is 1. The summed E-state index contributed by atoms with van der Waals surface area (Å²) in [5.74, 6) is 0.689. The summed E-state index contributed by atoms with van der Waals surface area (Å²) in [6.45, 7) is 4.89.